The van der Waals surface area contributed by atoms with Crippen LogP contribution in [0.4, 0.5) is 5.95 Å². The van der Waals surface area contributed by atoms with Gasteiger partial charge in [-0.1, -0.05) is 72.8 Å². The van der Waals surface area contributed by atoms with Gasteiger partial charge in [-0.25, -0.2) is 4.98 Å². The average Bonchev–Trinajstić information content (AvgIpc) is 2.82. The third-order valence-electron chi connectivity index (χ3n) is 6.52. The minimum Gasteiger partial charge on any atom is -0.331 e. The summed E-state index contributed by atoms with van der Waals surface area (Å²) in [5.74, 6) is 0.702. The average molecular weight is 426 g/mol. The number of nitrogens with one attached hydrogen (secondary N) is 2. The van der Waals surface area contributed by atoms with Gasteiger partial charge in [0.1, 0.15) is 6.54 Å². The Hall–Kier alpha value is -3.44. The second-order valence-electron chi connectivity index (χ2n) is 8.67. The smallest absolute Gasteiger partial charge is 0.256 e. The summed E-state index contributed by atoms with van der Waals surface area (Å²) in [6.07, 6.45) is 0.588. The van der Waals surface area contributed by atoms with Gasteiger partial charge in [-0.15, -0.1) is 0 Å². The Balaban J connectivity index is 1.31. The van der Waals surface area contributed by atoms with Gasteiger partial charge in [-0.05, 0) is 23.3 Å². The minimum atomic E-state index is -0.0282. The molecule has 1 saturated heterocycles. The quantitative estimate of drug-likeness (QED) is 0.517. The first-order valence-electron chi connectivity index (χ1n) is 11.4. The first-order chi connectivity index (χ1) is 15.7. The van der Waals surface area contributed by atoms with E-state index in [1.807, 2.05) is 19.1 Å². The first kappa shape index (κ1) is 20.5. The van der Waals surface area contributed by atoms with E-state index in [-0.39, 0.29) is 5.56 Å². The topological polar surface area (TPSA) is 53.4 Å². The number of benzene rings is 3. The van der Waals surface area contributed by atoms with Crippen LogP contribution in [0.2, 0.25) is 0 Å². The number of H-pyrrole nitrogens is 1. The minimum absolute atomic E-state index is 0.0282. The molecule has 3 aromatic carbocycles. The van der Waals surface area contributed by atoms with Crippen LogP contribution in [0.15, 0.2) is 77.6 Å². The largest absolute Gasteiger partial charge is 0.331 e. The Kier molecular flexibility index (Phi) is 5.73. The van der Waals surface area contributed by atoms with Crippen molar-refractivity contribution in [3.8, 4) is 0 Å². The number of piperazine rings is 1. The van der Waals surface area contributed by atoms with E-state index in [2.05, 4.69) is 70.5 Å². The lowest BCUT2D eigenvalue weighted by atomic mass is 9.98. The molecule has 5 rings (SSSR count). The molecule has 162 valence electrons. The number of aryl methyl sites for hydroxylation is 1. The standard InChI is InChI=1S/C27H28N4O/c1-20-25(18-23-12-7-11-22-10-5-6-13-24(22)23)26(32)29-27(28-20)31-16-14-30(15-17-31)19-21-8-3-2-4-9-21/h2-13H,14-19H2,1H3,(H,28,29,32)/p+1. The van der Waals surface area contributed by atoms with Gasteiger partial charge in [0.2, 0.25) is 5.95 Å². The van der Waals surface area contributed by atoms with Crippen LogP contribution in [0.5, 0.6) is 0 Å². The van der Waals surface area contributed by atoms with Gasteiger partial charge in [0.25, 0.3) is 5.56 Å². The molecule has 1 aliphatic heterocycles. The normalized spacial score (nSPS) is 14.7. The summed E-state index contributed by atoms with van der Waals surface area (Å²) in [5, 5.41) is 2.38. The van der Waals surface area contributed by atoms with Crippen LogP contribution < -0.4 is 15.4 Å². The summed E-state index contributed by atoms with van der Waals surface area (Å²) >= 11 is 0. The number of anilines is 1. The molecule has 0 spiro atoms. The van der Waals surface area contributed by atoms with E-state index in [0.29, 0.717) is 12.4 Å². The Morgan fingerprint density at radius 3 is 2.44 bits per heavy atom. The summed E-state index contributed by atoms with van der Waals surface area (Å²) in [6.45, 7) is 6.86. The zero-order chi connectivity index (χ0) is 21.9. The van der Waals surface area contributed by atoms with Crippen molar-refractivity contribution in [3.63, 3.8) is 0 Å². The maximum Gasteiger partial charge on any atom is 0.256 e. The summed E-state index contributed by atoms with van der Waals surface area (Å²) in [7, 11) is 0. The van der Waals surface area contributed by atoms with E-state index in [1.54, 1.807) is 4.90 Å². The van der Waals surface area contributed by atoms with Gasteiger partial charge in [0, 0.05) is 17.5 Å². The van der Waals surface area contributed by atoms with Crippen molar-refractivity contribution in [2.75, 3.05) is 31.1 Å². The fourth-order valence-electron chi connectivity index (χ4n) is 4.69. The number of aromatic nitrogens is 2. The van der Waals surface area contributed by atoms with Gasteiger partial charge >= 0.3 is 0 Å². The molecule has 0 bridgehead atoms. The maximum absolute atomic E-state index is 13.0. The van der Waals surface area contributed by atoms with Crippen LogP contribution >= 0.6 is 0 Å². The lowest BCUT2D eigenvalue weighted by Gasteiger charge is -2.32. The summed E-state index contributed by atoms with van der Waals surface area (Å²) < 4.78 is 0. The van der Waals surface area contributed by atoms with Gasteiger partial charge < -0.3 is 9.80 Å². The number of aromatic amines is 1. The molecule has 0 saturated carbocycles. The molecule has 5 nitrogen and oxygen atoms in total. The Bertz CT molecular complexity index is 1270. The molecule has 0 unspecified atom stereocenters. The highest BCUT2D eigenvalue weighted by molar-refractivity contribution is 5.85. The third-order valence-corrected chi connectivity index (χ3v) is 6.52. The van der Waals surface area contributed by atoms with E-state index in [4.69, 9.17) is 4.98 Å². The second-order valence-corrected chi connectivity index (χ2v) is 8.67. The van der Waals surface area contributed by atoms with Crippen LogP contribution in [-0.4, -0.2) is 36.1 Å². The van der Waals surface area contributed by atoms with Crippen molar-refractivity contribution in [2.24, 2.45) is 0 Å². The predicted octanol–water partition coefficient (Wildman–Crippen LogP) is 2.73. The summed E-state index contributed by atoms with van der Waals surface area (Å²) in [4.78, 5) is 24.7. The molecule has 32 heavy (non-hydrogen) atoms. The molecule has 2 heterocycles. The van der Waals surface area contributed by atoms with E-state index in [1.165, 1.54) is 16.3 Å². The second kappa shape index (κ2) is 8.97. The van der Waals surface area contributed by atoms with Crippen molar-refractivity contribution in [2.45, 2.75) is 19.9 Å². The number of fused-ring (bicyclic) bond motifs is 1. The van der Waals surface area contributed by atoms with Crippen molar-refractivity contribution in [1.82, 2.24) is 9.97 Å². The van der Waals surface area contributed by atoms with Crippen molar-refractivity contribution in [1.29, 1.82) is 0 Å². The number of quaternary nitrogens is 1. The fraction of sp³-hybridized carbons (Fsp3) is 0.259. The van der Waals surface area contributed by atoms with E-state index >= 15 is 0 Å². The molecule has 1 aromatic heterocycles. The van der Waals surface area contributed by atoms with E-state index in [9.17, 15) is 4.79 Å². The zero-order valence-corrected chi connectivity index (χ0v) is 18.5. The predicted molar refractivity (Wildman–Crippen MR) is 129 cm³/mol. The Labute approximate surface area is 188 Å². The molecule has 0 atom stereocenters. The highest BCUT2D eigenvalue weighted by atomic mass is 16.1. The van der Waals surface area contributed by atoms with E-state index in [0.717, 1.165) is 49.5 Å². The van der Waals surface area contributed by atoms with Crippen LogP contribution in [0, 0.1) is 6.92 Å². The van der Waals surface area contributed by atoms with Gasteiger partial charge in [0.15, 0.2) is 0 Å². The summed E-state index contributed by atoms with van der Waals surface area (Å²) in [6, 6.07) is 25.2. The van der Waals surface area contributed by atoms with Gasteiger partial charge in [-0.3, -0.25) is 9.78 Å². The fourth-order valence-corrected chi connectivity index (χ4v) is 4.69. The molecule has 2 N–H and O–H groups in total. The maximum atomic E-state index is 13.0. The monoisotopic (exact) mass is 425 g/mol. The van der Waals surface area contributed by atoms with E-state index < -0.39 is 0 Å². The lowest BCUT2D eigenvalue weighted by Crippen LogP contribution is -3.13. The number of nitrogens with zero attached hydrogens (tertiary/aromatic N) is 2. The first-order valence-corrected chi connectivity index (χ1v) is 11.4. The van der Waals surface area contributed by atoms with Gasteiger partial charge in [-0.2, -0.15) is 0 Å². The van der Waals surface area contributed by atoms with Crippen LogP contribution in [-0.2, 0) is 13.0 Å². The van der Waals surface area contributed by atoms with Crippen LogP contribution in [0.1, 0.15) is 22.4 Å². The molecule has 0 radical (unpaired) electrons. The van der Waals surface area contributed by atoms with Crippen LogP contribution in [0.3, 0.4) is 0 Å². The van der Waals surface area contributed by atoms with Crippen LogP contribution in [0.25, 0.3) is 10.8 Å². The number of rotatable bonds is 5. The zero-order valence-electron chi connectivity index (χ0n) is 18.5. The highest BCUT2D eigenvalue weighted by Crippen LogP contribution is 2.21. The highest BCUT2D eigenvalue weighted by Gasteiger charge is 2.23. The molecule has 1 fully saturated rings. The third kappa shape index (κ3) is 4.30. The molecule has 0 aliphatic carbocycles. The van der Waals surface area contributed by atoms with Crippen molar-refractivity contribution < 1.29 is 4.90 Å². The molecule has 0 amide bonds. The Morgan fingerprint density at radius 1 is 0.938 bits per heavy atom. The molecule has 4 aromatic rings. The lowest BCUT2D eigenvalue weighted by molar-refractivity contribution is -0.914. The number of hydrogen-bond acceptors (Lipinski definition) is 3. The molecule has 1 aliphatic rings. The molecule has 5 heteroatoms. The number of hydrogen-bond donors (Lipinski definition) is 2. The molecular formula is C27H29N4O+. The summed E-state index contributed by atoms with van der Waals surface area (Å²) in [5.41, 5.74) is 4.06. The van der Waals surface area contributed by atoms with Gasteiger partial charge in [0.05, 0.1) is 31.9 Å². The Morgan fingerprint density at radius 2 is 1.66 bits per heavy atom. The SMILES string of the molecule is Cc1nc(N2CC[NH+](Cc3ccccc3)CC2)[nH]c(=O)c1Cc1cccc2ccccc12. The molecular weight excluding hydrogens is 396 g/mol. The van der Waals surface area contributed by atoms with Crippen molar-refractivity contribution in [3.05, 3.63) is 106 Å². The van der Waals surface area contributed by atoms with Crippen molar-refractivity contribution >= 4 is 16.7 Å².